The summed E-state index contributed by atoms with van der Waals surface area (Å²) in [4.78, 5) is 0. The molecule has 0 aromatic rings. The van der Waals surface area contributed by atoms with Gasteiger partial charge in [-0.1, -0.05) is 60.9 Å². The molecule has 0 N–H and O–H groups in total. The van der Waals surface area contributed by atoms with Gasteiger partial charge in [0, 0.05) is 22.0 Å². The van der Waals surface area contributed by atoms with Crippen LogP contribution in [0.4, 0.5) is 0 Å². The van der Waals surface area contributed by atoms with E-state index in [9.17, 15) is 0 Å². The summed E-state index contributed by atoms with van der Waals surface area (Å²) in [7, 11) is 0. The second-order valence-electron chi connectivity index (χ2n) is 5.48. The Labute approximate surface area is 186 Å². The second kappa shape index (κ2) is 7.86. The maximum atomic E-state index is 2.39. The third-order valence-corrected chi connectivity index (χ3v) is 20.5. The van der Waals surface area contributed by atoms with Gasteiger partial charge < -0.3 is 0 Å². The highest BCUT2D eigenvalue weighted by molar-refractivity contribution is 8.48. The van der Waals surface area contributed by atoms with Gasteiger partial charge in [-0.2, -0.15) is 0 Å². The third-order valence-electron chi connectivity index (χ3n) is 3.82. The van der Waals surface area contributed by atoms with Gasteiger partial charge in [0.25, 0.3) is 0 Å². The van der Waals surface area contributed by atoms with Crippen molar-refractivity contribution in [3.8, 4) is 0 Å². The molecule has 0 aromatic carbocycles. The van der Waals surface area contributed by atoms with Crippen molar-refractivity contribution in [2.24, 2.45) is 0 Å². The van der Waals surface area contributed by atoms with Crippen LogP contribution in [-0.2, 0) is 0 Å². The molecule has 5 rings (SSSR count). The smallest absolute Gasteiger partial charge is 0.0818 e. The molecule has 0 radical (unpaired) electrons. The molecule has 130 valence electrons. The van der Waals surface area contributed by atoms with Crippen LogP contribution in [-0.4, -0.2) is 31.2 Å². The Balaban J connectivity index is 1.23. The Hall–Kier alpha value is 2.72. The molecule has 24 heavy (non-hydrogen) atoms. The van der Waals surface area contributed by atoms with Crippen LogP contribution in [0.2, 0.25) is 0 Å². The summed E-state index contributed by atoms with van der Waals surface area (Å²) in [5.74, 6) is 2.55. The summed E-state index contributed by atoms with van der Waals surface area (Å²) in [5, 5.41) is 1.60. The quantitative estimate of drug-likeness (QED) is 0.342. The minimum absolute atomic E-state index is 0.713. The summed E-state index contributed by atoms with van der Waals surface area (Å²) in [6.45, 7) is 4.78. The molecule has 1 fully saturated rings. The van der Waals surface area contributed by atoms with Crippen molar-refractivity contribution in [2.45, 2.75) is 33.5 Å². The standard InChI is InChI=1S/C14H14S10/c1-5-6(2)18-9(17-5)10-21-13-14(22-10)24-12(23-13)11-19-7-8(20-11)16-4-3-15-7/h5-6,9-10H,3-4H2,1-2H3/t5-,6-/m1/s1. The van der Waals surface area contributed by atoms with E-state index in [0.29, 0.717) is 4.58 Å². The molecule has 0 nitrogen and oxygen atoms in total. The van der Waals surface area contributed by atoms with E-state index in [1.165, 1.54) is 20.0 Å². The molecular weight excluding hydrogens is 489 g/mol. The van der Waals surface area contributed by atoms with Gasteiger partial charge >= 0.3 is 0 Å². The SMILES string of the molecule is C[C@H]1SC(C2SC3=C(SC(=C4SC5=C(SCCS5)S4)S3)S2)S[C@@H]1C. The molecule has 0 saturated carbocycles. The monoisotopic (exact) mass is 502 g/mol. The second-order valence-corrected chi connectivity index (χ2v) is 19.3. The van der Waals surface area contributed by atoms with Crippen LogP contribution in [0.5, 0.6) is 0 Å². The average molecular weight is 503 g/mol. The molecule has 5 aliphatic heterocycles. The molecule has 0 unspecified atom stereocenters. The Morgan fingerprint density at radius 3 is 1.54 bits per heavy atom. The lowest BCUT2D eigenvalue weighted by Gasteiger charge is -2.17. The normalized spacial score (nSPS) is 34.8. The first-order valence-corrected chi connectivity index (χ1v) is 16.4. The highest BCUT2D eigenvalue weighted by atomic mass is 32.3. The predicted octanol–water partition coefficient (Wildman–Crippen LogP) is 8.20. The maximum Gasteiger partial charge on any atom is 0.0818 e. The van der Waals surface area contributed by atoms with Gasteiger partial charge in [-0.3, -0.25) is 0 Å². The fourth-order valence-corrected chi connectivity index (χ4v) is 19.9. The van der Waals surface area contributed by atoms with Crippen molar-refractivity contribution >= 4 is 118 Å². The van der Waals surface area contributed by atoms with Crippen LogP contribution < -0.4 is 0 Å². The molecule has 0 amide bonds. The van der Waals surface area contributed by atoms with Gasteiger partial charge in [-0.05, 0) is 0 Å². The van der Waals surface area contributed by atoms with E-state index in [4.69, 9.17) is 0 Å². The van der Waals surface area contributed by atoms with E-state index in [1.807, 2.05) is 47.0 Å². The van der Waals surface area contributed by atoms with Crippen molar-refractivity contribution < 1.29 is 0 Å². The van der Waals surface area contributed by atoms with Crippen LogP contribution in [0, 0.1) is 0 Å². The van der Waals surface area contributed by atoms with Crippen molar-refractivity contribution in [1.82, 2.24) is 0 Å². The highest BCUT2D eigenvalue weighted by Crippen LogP contribution is 2.71. The average Bonchev–Trinajstić information content (AvgIpc) is 3.29. The number of thioether (sulfide) groups is 10. The fourth-order valence-electron chi connectivity index (χ4n) is 2.45. The lowest BCUT2D eigenvalue weighted by Crippen LogP contribution is -2.07. The number of rotatable bonds is 1. The Kier molecular flexibility index (Phi) is 6.13. The van der Waals surface area contributed by atoms with Crippen molar-refractivity contribution in [3.05, 3.63) is 25.4 Å². The largest absolute Gasteiger partial charge is 0.141 e. The van der Waals surface area contributed by atoms with Crippen LogP contribution in [0.3, 0.4) is 0 Å². The van der Waals surface area contributed by atoms with E-state index in [1.54, 1.807) is 16.9 Å². The number of hydrogen-bond acceptors (Lipinski definition) is 10. The Bertz CT molecular complexity index is 614. The maximum absolute atomic E-state index is 2.39. The molecule has 2 atom stereocenters. The molecule has 1 saturated heterocycles. The van der Waals surface area contributed by atoms with Gasteiger partial charge in [-0.25, -0.2) is 0 Å². The van der Waals surface area contributed by atoms with Crippen molar-refractivity contribution in [1.29, 1.82) is 0 Å². The van der Waals surface area contributed by atoms with E-state index in [-0.39, 0.29) is 0 Å². The van der Waals surface area contributed by atoms with Gasteiger partial charge in [0.15, 0.2) is 0 Å². The molecule has 0 spiro atoms. The highest BCUT2D eigenvalue weighted by Gasteiger charge is 2.43. The molecule has 0 aliphatic carbocycles. The summed E-state index contributed by atoms with van der Waals surface area (Å²) >= 11 is 20.9. The van der Waals surface area contributed by atoms with Gasteiger partial charge in [0.2, 0.25) is 0 Å². The lowest BCUT2D eigenvalue weighted by atomic mass is 10.4. The summed E-state index contributed by atoms with van der Waals surface area (Å²) < 4.78 is 10.8. The molecule has 0 bridgehead atoms. The molecule has 5 aliphatic rings. The summed E-state index contributed by atoms with van der Waals surface area (Å²) in [5.41, 5.74) is 0. The minimum atomic E-state index is 0.713. The van der Waals surface area contributed by atoms with Crippen molar-refractivity contribution in [3.63, 3.8) is 0 Å². The first kappa shape index (κ1) is 18.7. The first-order valence-electron chi connectivity index (χ1n) is 7.51. The Morgan fingerprint density at radius 1 is 0.583 bits per heavy atom. The van der Waals surface area contributed by atoms with E-state index in [0.717, 1.165) is 15.1 Å². The van der Waals surface area contributed by atoms with Crippen LogP contribution in [0.1, 0.15) is 13.8 Å². The first-order chi connectivity index (χ1) is 11.7. The van der Waals surface area contributed by atoms with Gasteiger partial charge in [-0.15, -0.1) is 70.6 Å². The molecule has 0 aromatic heterocycles. The molecule has 5 heterocycles. The summed E-state index contributed by atoms with van der Waals surface area (Å²) in [6, 6.07) is 0. The van der Waals surface area contributed by atoms with Gasteiger partial charge in [0.05, 0.1) is 34.6 Å². The molecular formula is C14H14S10. The van der Waals surface area contributed by atoms with E-state index >= 15 is 0 Å². The van der Waals surface area contributed by atoms with Crippen LogP contribution >= 0.6 is 118 Å². The van der Waals surface area contributed by atoms with Gasteiger partial charge in [0.1, 0.15) is 0 Å². The van der Waals surface area contributed by atoms with E-state index in [2.05, 4.69) is 84.4 Å². The lowest BCUT2D eigenvalue weighted by molar-refractivity contribution is 0.941. The summed E-state index contributed by atoms with van der Waals surface area (Å²) in [6.07, 6.45) is 0. The topological polar surface area (TPSA) is 0 Å². The van der Waals surface area contributed by atoms with Crippen LogP contribution in [0.25, 0.3) is 0 Å². The minimum Gasteiger partial charge on any atom is -0.141 e. The van der Waals surface area contributed by atoms with Crippen LogP contribution in [0.15, 0.2) is 25.4 Å². The zero-order valence-corrected chi connectivity index (χ0v) is 21.0. The van der Waals surface area contributed by atoms with E-state index < -0.39 is 0 Å². The fraction of sp³-hybridized carbons (Fsp3) is 0.571. The Morgan fingerprint density at radius 2 is 1.04 bits per heavy atom. The zero-order valence-electron chi connectivity index (χ0n) is 12.8. The number of hydrogen-bond donors (Lipinski definition) is 0. The predicted molar refractivity (Wildman–Crippen MR) is 133 cm³/mol. The zero-order chi connectivity index (χ0) is 16.3. The third kappa shape index (κ3) is 3.65. The molecule has 10 heteroatoms. The van der Waals surface area contributed by atoms with Crippen molar-refractivity contribution in [2.75, 3.05) is 11.5 Å².